The quantitative estimate of drug-likeness (QED) is 0.189. The highest BCUT2D eigenvalue weighted by Gasteiger charge is 2.35. The molecule has 4 aromatic carbocycles. The maximum absolute atomic E-state index is 14.6. The molecule has 4 rings (SSSR count). The third-order valence-corrected chi connectivity index (χ3v) is 9.29. The lowest BCUT2D eigenvalue weighted by molar-refractivity contribution is -0.140. The Morgan fingerprint density at radius 2 is 1.50 bits per heavy atom. The monoisotopic (exact) mass is 661 g/mol. The predicted octanol–water partition coefficient (Wildman–Crippen LogP) is 6.41. The molecule has 46 heavy (non-hydrogen) atoms. The number of hydrogen-bond donors (Lipinski definition) is 1. The minimum Gasteiger partial charge on any atom is -0.497 e. The van der Waals surface area contributed by atoms with Crippen molar-refractivity contribution in [2.24, 2.45) is 0 Å². The summed E-state index contributed by atoms with van der Waals surface area (Å²) in [6.45, 7) is 7.11. The number of nitrogens with zero attached hydrogens (tertiary/aromatic N) is 2. The lowest BCUT2D eigenvalue weighted by Crippen LogP contribution is -2.56. The SMILES string of the molecule is COc1ccc(S(=O)(=O)N(CC(=O)N(Cc2cccc(C)c2)[C@@H](Cc2ccccc2)C(=O)NC(C)(C)C)c2ccc(Cl)cc2)cc1. The minimum absolute atomic E-state index is 0.0207. The standard InChI is InChI=1S/C36H40ClN3O5S/c1-26-10-9-13-28(22-26)24-39(33(35(42)38-36(2,3)4)23-27-11-7-6-8-12-27)34(41)25-40(30-16-14-29(37)15-17-30)46(43,44)32-20-18-31(45-5)19-21-32/h6-22,33H,23-25H2,1-5H3,(H,38,42)/t33-/m0/s1. The summed E-state index contributed by atoms with van der Waals surface area (Å²) in [5.41, 5.74) is 2.35. The van der Waals surface area contributed by atoms with Crippen LogP contribution in [0.5, 0.6) is 5.75 Å². The van der Waals surface area contributed by atoms with Crippen molar-refractivity contribution in [2.45, 2.75) is 57.1 Å². The van der Waals surface area contributed by atoms with Gasteiger partial charge in [-0.15, -0.1) is 0 Å². The van der Waals surface area contributed by atoms with Gasteiger partial charge in [-0.3, -0.25) is 13.9 Å². The van der Waals surface area contributed by atoms with Gasteiger partial charge in [-0.2, -0.15) is 0 Å². The molecule has 0 heterocycles. The molecule has 8 nitrogen and oxygen atoms in total. The number of hydrogen-bond acceptors (Lipinski definition) is 5. The maximum Gasteiger partial charge on any atom is 0.264 e. The molecule has 0 aromatic heterocycles. The first kappa shape index (κ1) is 34.5. The van der Waals surface area contributed by atoms with Crippen LogP contribution in [0.2, 0.25) is 5.02 Å². The Kier molecular flexibility index (Phi) is 11.1. The van der Waals surface area contributed by atoms with Crippen LogP contribution in [-0.4, -0.2) is 50.4 Å². The molecule has 0 saturated heterocycles. The van der Waals surface area contributed by atoms with E-state index in [9.17, 15) is 18.0 Å². The van der Waals surface area contributed by atoms with Gasteiger partial charge >= 0.3 is 0 Å². The van der Waals surface area contributed by atoms with Crippen LogP contribution in [0.4, 0.5) is 5.69 Å². The van der Waals surface area contributed by atoms with Crippen molar-refractivity contribution in [3.05, 3.63) is 125 Å². The normalized spacial score (nSPS) is 12.2. The van der Waals surface area contributed by atoms with E-state index in [0.29, 0.717) is 10.8 Å². The Balaban J connectivity index is 1.81. The lowest BCUT2D eigenvalue weighted by Gasteiger charge is -2.35. The molecule has 0 saturated carbocycles. The van der Waals surface area contributed by atoms with Gasteiger partial charge in [-0.1, -0.05) is 71.8 Å². The van der Waals surface area contributed by atoms with E-state index in [1.165, 1.54) is 24.1 Å². The molecule has 0 unspecified atom stereocenters. The van der Waals surface area contributed by atoms with E-state index in [-0.39, 0.29) is 29.5 Å². The third-order valence-electron chi connectivity index (χ3n) is 7.25. The van der Waals surface area contributed by atoms with Gasteiger partial charge in [0, 0.05) is 23.5 Å². The largest absolute Gasteiger partial charge is 0.497 e. The van der Waals surface area contributed by atoms with E-state index in [0.717, 1.165) is 21.0 Å². The number of ether oxygens (including phenoxy) is 1. The Bertz CT molecular complexity index is 1740. The van der Waals surface area contributed by atoms with E-state index in [1.54, 1.807) is 36.4 Å². The van der Waals surface area contributed by atoms with Crippen LogP contribution in [0.15, 0.2) is 108 Å². The number of aryl methyl sites for hydroxylation is 1. The van der Waals surface area contributed by atoms with E-state index in [1.807, 2.05) is 82.3 Å². The fourth-order valence-corrected chi connectivity index (χ4v) is 6.57. The van der Waals surface area contributed by atoms with Gasteiger partial charge in [0.2, 0.25) is 11.8 Å². The zero-order valence-corrected chi connectivity index (χ0v) is 28.3. The van der Waals surface area contributed by atoms with Gasteiger partial charge in [0.25, 0.3) is 10.0 Å². The molecule has 0 aliphatic rings. The number of carbonyl (C=O) groups is 2. The molecule has 0 aliphatic heterocycles. The Labute approximate surface area is 277 Å². The third kappa shape index (κ3) is 9.11. The molecule has 4 aromatic rings. The number of carbonyl (C=O) groups excluding carboxylic acids is 2. The molecular weight excluding hydrogens is 622 g/mol. The summed E-state index contributed by atoms with van der Waals surface area (Å²) in [6, 6.07) is 28.4. The molecular formula is C36H40ClN3O5S. The summed E-state index contributed by atoms with van der Waals surface area (Å²) in [4.78, 5) is 30.0. The first-order valence-corrected chi connectivity index (χ1v) is 16.7. The van der Waals surface area contributed by atoms with Crippen LogP contribution in [0.1, 0.15) is 37.5 Å². The second-order valence-corrected chi connectivity index (χ2v) is 14.4. The van der Waals surface area contributed by atoms with Crippen LogP contribution >= 0.6 is 11.6 Å². The number of halogens is 1. The van der Waals surface area contributed by atoms with Crippen LogP contribution in [0.25, 0.3) is 0 Å². The number of sulfonamides is 1. The Morgan fingerprint density at radius 3 is 2.09 bits per heavy atom. The van der Waals surface area contributed by atoms with E-state index >= 15 is 0 Å². The highest BCUT2D eigenvalue weighted by atomic mass is 35.5. The van der Waals surface area contributed by atoms with E-state index in [2.05, 4.69) is 5.32 Å². The highest BCUT2D eigenvalue weighted by molar-refractivity contribution is 7.92. The molecule has 0 fully saturated rings. The summed E-state index contributed by atoms with van der Waals surface area (Å²) in [7, 11) is -2.75. The first-order valence-electron chi connectivity index (χ1n) is 14.9. The minimum atomic E-state index is -4.25. The van der Waals surface area contributed by atoms with Crippen molar-refractivity contribution in [3.8, 4) is 5.75 Å². The molecule has 242 valence electrons. The van der Waals surface area contributed by atoms with Crippen molar-refractivity contribution >= 4 is 39.1 Å². The number of methoxy groups -OCH3 is 1. The number of benzene rings is 4. The predicted molar refractivity (Wildman–Crippen MR) is 183 cm³/mol. The number of rotatable bonds is 12. The summed E-state index contributed by atoms with van der Waals surface area (Å²) in [5, 5.41) is 3.46. The van der Waals surface area contributed by atoms with Crippen molar-refractivity contribution in [1.29, 1.82) is 0 Å². The van der Waals surface area contributed by atoms with Crippen LogP contribution in [0.3, 0.4) is 0 Å². The molecule has 1 N–H and O–H groups in total. The first-order chi connectivity index (χ1) is 21.8. The summed E-state index contributed by atoms with van der Waals surface area (Å²) in [5.74, 6) is -0.391. The van der Waals surface area contributed by atoms with Gasteiger partial charge in [-0.25, -0.2) is 8.42 Å². The fraction of sp³-hybridized carbons (Fsp3) is 0.278. The van der Waals surface area contributed by atoms with Crippen molar-refractivity contribution < 1.29 is 22.7 Å². The molecule has 0 bridgehead atoms. The number of nitrogens with one attached hydrogen (secondary N) is 1. The van der Waals surface area contributed by atoms with E-state index < -0.39 is 34.1 Å². The summed E-state index contributed by atoms with van der Waals surface area (Å²) < 4.78 is 34.6. The molecule has 0 spiro atoms. The van der Waals surface area contributed by atoms with Crippen LogP contribution in [0, 0.1) is 6.92 Å². The topological polar surface area (TPSA) is 96.0 Å². The Morgan fingerprint density at radius 1 is 0.870 bits per heavy atom. The highest BCUT2D eigenvalue weighted by Crippen LogP contribution is 2.27. The molecule has 0 radical (unpaired) electrons. The average Bonchev–Trinajstić information content (AvgIpc) is 3.01. The molecule has 0 aliphatic carbocycles. The maximum atomic E-state index is 14.6. The van der Waals surface area contributed by atoms with Crippen molar-refractivity contribution in [1.82, 2.24) is 10.2 Å². The lowest BCUT2D eigenvalue weighted by atomic mass is 10.0. The van der Waals surface area contributed by atoms with Gasteiger partial charge in [-0.05, 0) is 87.4 Å². The van der Waals surface area contributed by atoms with Gasteiger partial charge in [0.1, 0.15) is 18.3 Å². The number of anilines is 1. The van der Waals surface area contributed by atoms with Gasteiger partial charge in [0.15, 0.2) is 0 Å². The second kappa shape index (κ2) is 14.8. The van der Waals surface area contributed by atoms with Crippen molar-refractivity contribution in [2.75, 3.05) is 18.0 Å². The van der Waals surface area contributed by atoms with Gasteiger partial charge < -0.3 is 15.0 Å². The Hall–Kier alpha value is -4.34. The zero-order valence-electron chi connectivity index (χ0n) is 26.7. The average molecular weight is 662 g/mol. The van der Waals surface area contributed by atoms with Crippen LogP contribution < -0.4 is 14.4 Å². The smallest absolute Gasteiger partial charge is 0.264 e. The molecule has 1 atom stereocenters. The van der Waals surface area contributed by atoms with E-state index in [4.69, 9.17) is 16.3 Å². The number of amides is 2. The molecule has 2 amide bonds. The van der Waals surface area contributed by atoms with Gasteiger partial charge in [0.05, 0.1) is 17.7 Å². The summed E-state index contributed by atoms with van der Waals surface area (Å²) >= 11 is 6.14. The second-order valence-electron chi connectivity index (χ2n) is 12.1. The fourth-order valence-electron chi connectivity index (χ4n) is 5.03. The van der Waals surface area contributed by atoms with Crippen LogP contribution in [-0.2, 0) is 32.6 Å². The zero-order chi connectivity index (χ0) is 33.5. The van der Waals surface area contributed by atoms with Crippen molar-refractivity contribution in [3.63, 3.8) is 0 Å². The molecule has 10 heteroatoms. The summed E-state index contributed by atoms with van der Waals surface area (Å²) in [6.07, 6.45) is 0.229.